The van der Waals surface area contributed by atoms with E-state index in [1.807, 2.05) is 0 Å². The number of amides is 2. The van der Waals surface area contributed by atoms with Crippen molar-refractivity contribution in [2.75, 3.05) is 13.2 Å². The van der Waals surface area contributed by atoms with Crippen molar-refractivity contribution < 1.29 is 14.7 Å². The summed E-state index contributed by atoms with van der Waals surface area (Å²) in [5.74, 6) is 0.156. The summed E-state index contributed by atoms with van der Waals surface area (Å²) in [6, 6.07) is -0.163. The van der Waals surface area contributed by atoms with Crippen molar-refractivity contribution in [2.24, 2.45) is 0 Å². The topological polar surface area (TPSA) is 78.4 Å². The van der Waals surface area contributed by atoms with Crippen molar-refractivity contribution in [2.45, 2.75) is 90.5 Å². The van der Waals surface area contributed by atoms with Gasteiger partial charge in [0.05, 0.1) is 12.6 Å². The third kappa shape index (κ3) is 14.2. The molecule has 0 spiro atoms. The normalized spacial score (nSPS) is 12.0. The van der Waals surface area contributed by atoms with Crippen molar-refractivity contribution >= 4 is 11.8 Å². The quantitative estimate of drug-likeness (QED) is 0.404. The standard InChI is InChI=1S/C18H36N2O3/c1-3-5-7-12-17(22)19-14-10-9-11-16(15-21)20-18(23)13-8-6-4-2/h16,21H,3-15H2,1-2H3,(H,19,22)(H,20,23)/t16-/m0/s1. The average molecular weight is 328 g/mol. The zero-order valence-corrected chi connectivity index (χ0v) is 15.0. The number of hydrogen-bond acceptors (Lipinski definition) is 3. The molecule has 0 bridgehead atoms. The Balaban J connectivity index is 3.63. The number of hydrogen-bond donors (Lipinski definition) is 3. The van der Waals surface area contributed by atoms with Crippen LogP contribution in [-0.4, -0.2) is 36.1 Å². The molecule has 0 fully saturated rings. The van der Waals surface area contributed by atoms with Gasteiger partial charge in [0.25, 0.3) is 0 Å². The van der Waals surface area contributed by atoms with Gasteiger partial charge in [-0.1, -0.05) is 39.5 Å². The first-order valence-electron chi connectivity index (χ1n) is 9.30. The summed E-state index contributed by atoms with van der Waals surface area (Å²) in [7, 11) is 0. The van der Waals surface area contributed by atoms with Gasteiger partial charge in [0.15, 0.2) is 0 Å². The van der Waals surface area contributed by atoms with Gasteiger partial charge in [-0.05, 0) is 32.1 Å². The van der Waals surface area contributed by atoms with Crippen LogP contribution in [0.15, 0.2) is 0 Å². The Morgan fingerprint density at radius 1 is 0.870 bits per heavy atom. The maximum absolute atomic E-state index is 11.7. The van der Waals surface area contributed by atoms with Crippen LogP contribution >= 0.6 is 0 Å². The summed E-state index contributed by atoms with van der Waals surface area (Å²) in [5, 5.41) is 15.1. The molecule has 136 valence electrons. The third-order valence-corrected chi connectivity index (χ3v) is 3.90. The molecule has 0 aliphatic rings. The van der Waals surface area contributed by atoms with Gasteiger partial charge in [-0.25, -0.2) is 0 Å². The van der Waals surface area contributed by atoms with E-state index in [9.17, 15) is 14.7 Å². The van der Waals surface area contributed by atoms with Crippen LogP contribution < -0.4 is 10.6 Å². The number of carbonyl (C=O) groups excluding carboxylic acids is 2. The number of nitrogens with one attached hydrogen (secondary N) is 2. The van der Waals surface area contributed by atoms with Gasteiger partial charge in [0, 0.05) is 19.4 Å². The van der Waals surface area contributed by atoms with Crippen LogP contribution in [0.2, 0.25) is 0 Å². The highest BCUT2D eigenvalue weighted by atomic mass is 16.3. The molecule has 0 unspecified atom stereocenters. The predicted molar refractivity (Wildman–Crippen MR) is 94.2 cm³/mol. The SMILES string of the molecule is CCCCCC(=O)NCCCC[C@@H](CO)NC(=O)CCCCC. The van der Waals surface area contributed by atoms with Gasteiger partial charge in [-0.15, -0.1) is 0 Å². The van der Waals surface area contributed by atoms with Crippen LogP contribution in [-0.2, 0) is 9.59 Å². The average Bonchev–Trinajstić information content (AvgIpc) is 2.54. The molecule has 2 amide bonds. The minimum atomic E-state index is -0.163. The molecule has 0 heterocycles. The van der Waals surface area contributed by atoms with Gasteiger partial charge >= 0.3 is 0 Å². The first kappa shape index (κ1) is 21.9. The molecule has 0 aliphatic carbocycles. The van der Waals surface area contributed by atoms with Crippen molar-refractivity contribution in [3.8, 4) is 0 Å². The fraction of sp³-hybridized carbons (Fsp3) is 0.889. The van der Waals surface area contributed by atoms with Crippen molar-refractivity contribution in [3.63, 3.8) is 0 Å². The molecule has 3 N–H and O–H groups in total. The molecule has 0 aromatic heterocycles. The van der Waals surface area contributed by atoms with Crippen LogP contribution in [0.3, 0.4) is 0 Å². The Morgan fingerprint density at radius 2 is 1.48 bits per heavy atom. The van der Waals surface area contributed by atoms with Crippen LogP contribution in [0.1, 0.15) is 84.5 Å². The van der Waals surface area contributed by atoms with Gasteiger partial charge in [0.1, 0.15) is 0 Å². The number of unbranched alkanes of at least 4 members (excludes halogenated alkanes) is 5. The van der Waals surface area contributed by atoms with Gasteiger partial charge in [-0.2, -0.15) is 0 Å². The molecular weight excluding hydrogens is 292 g/mol. The molecule has 0 saturated carbocycles. The second-order valence-electron chi connectivity index (χ2n) is 6.21. The minimum Gasteiger partial charge on any atom is -0.394 e. The molecular formula is C18H36N2O3. The molecule has 0 aliphatic heterocycles. The fourth-order valence-electron chi connectivity index (χ4n) is 2.41. The molecule has 0 radical (unpaired) electrons. The van der Waals surface area contributed by atoms with Crippen molar-refractivity contribution in [1.82, 2.24) is 10.6 Å². The van der Waals surface area contributed by atoms with E-state index in [2.05, 4.69) is 24.5 Å². The maximum atomic E-state index is 11.7. The highest BCUT2D eigenvalue weighted by Gasteiger charge is 2.10. The highest BCUT2D eigenvalue weighted by molar-refractivity contribution is 5.76. The highest BCUT2D eigenvalue weighted by Crippen LogP contribution is 2.03. The van der Waals surface area contributed by atoms with E-state index in [4.69, 9.17) is 0 Å². The predicted octanol–water partition coefficient (Wildman–Crippen LogP) is 2.91. The molecule has 5 nitrogen and oxygen atoms in total. The molecule has 0 saturated heterocycles. The lowest BCUT2D eigenvalue weighted by molar-refractivity contribution is -0.122. The number of rotatable bonds is 15. The largest absolute Gasteiger partial charge is 0.394 e. The van der Waals surface area contributed by atoms with Crippen molar-refractivity contribution in [3.05, 3.63) is 0 Å². The van der Waals surface area contributed by atoms with Crippen LogP contribution in [0.25, 0.3) is 0 Å². The second kappa shape index (κ2) is 15.8. The second-order valence-corrected chi connectivity index (χ2v) is 6.21. The zero-order valence-electron chi connectivity index (χ0n) is 15.0. The zero-order chi connectivity index (χ0) is 17.3. The number of aliphatic hydroxyl groups is 1. The summed E-state index contributed by atoms with van der Waals surface area (Å²) in [6.07, 6.45) is 9.92. The summed E-state index contributed by atoms with van der Waals surface area (Å²) in [5.41, 5.74) is 0. The maximum Gasteiger partial charge on any atom is 0.220 e. The molecule has 5 heteroatoms. The molecule has 0 rings (SSSR count). The Hall–Kier alpha value is -1.10. The monoisotopic (exact) mass is 328 g/mol. The third-order valence-electron chi connectivity index (χ3n) is 3.90. The summed E-state index contributed by atoms with van der Waals surface area (Å²) >= 11 is 0. The first-order chi connectivity index (χ1) is 11.1. The van der Waals surface area contributed by atoms with Crippen LogP contribution in [0.4, 0.5) is 0 Å². The fourth-order valence-corrected chi connectivity index (χ4v) is 2.41. The Kier molecular flexibility index (Phi) is 15.0. The van der Waals surface area contributed by atoms with Crippen LogP contribution in [0, 0.1) is 0 Å². The van der Waals surface area contributed by atoms with E-state index >= 15 is 0 Å². The first-order valence-corrected chi connectivity index (χ1v) is 9.30. The van der Waals surface area contributed by atoms with E-state index in [-0.39, 0.29) is 24.5 Å². The summed E-state index contributed by atoms with van der Waals surface area (Å²) < 4.78 is 0. The number of carbonyl (C=O) groups is 2. The molecule has 0 aromatic rings. The van der Waals surface area contributed by atoms with Crippen LogP contribution in [0.5, 0.6) is 0 Å². The summed E-state index contributed by atoms with van der Waals surface area (Å²) in [4.78, 5) is 23.2. The Labute approximate surface area is 141 Å². The van der Waals surface area contributed by atoms with E-state index in [0.29, 0.717) is 19.4 Å². The smallest absolute Gasteiger partial charge is 0.220 e. The van der Waals surface area contributed by atoms with Gasteiger partial charge in [0.2, 0.25) is 11.8 Å². The van der Waals surface area contributed by atoms with E-state index < -0.39 is 0 Å². The minimum absolute atomic E-state index is 0.0249. The van der Waals surface area contributed by atoms with Crippen molar-refractivity contribution in [1.29, 1.82) is 0 Å². The van der Waals surface area contributed by atoms with Gasteiger partial charge < -0.3 is 15.7 Å². The van der Waals surface area contributed by atoms with E-state index in [1.165, 1.54) is 0 Å². The molecule has 0 aromatic carbocycles. The van der Waals surface area contributed by atoms with Gasteiger partial charge in [-0.3, -0.25) is 9.59 Å². The van der Waals surface area contributed by atoms with E-state index in [1.54, 1.807) is 0 Å². The molecule has 1 atom stereocenters. The number of aliphatic hydroxyl groups excluding tert-OH is 1. The van der Waals surface area contributed by atoms with E-state index in [0.717, 1.165) is 57.8 Å². The lowest BCUT2D eigenvalue weighted by atomic mass is 10.1. The Bertz CT molecular complexity index is 309. The lowest BCUT2D eigenvalue weighted by Crippen LogP contribution is -2.37. The summed E-state index contributed by atoms with van der Waals surface area (Å²) in [6.45, 7) is 4.88. The molecule has 23 heavy (non-hydrogen) atoms. The lowest BCUT2D eigenvalue weighted by Gasteiger charge is -2.16. The Morgan fingerprint density at radius 3 is 2.04 bits per heavy atom.